The average molecular weight is 285 g/mol. The van der Waals surface area contributed by atoms with Gasteiger partial charge in [-0.2, -0.15) is 4.98 Å². The van der Waals surface area contributed by atoms with Gasteiger partial charge in [0.25, 0.3) is 0 Å². The van der Waals surface area contributed by atoms with E-state index < -0.39 is 0 Å². The third-order valence-electron chi connectivity index (χ3n) is 3.85. The number of nitrogens with one attached hydrogen (secondary N) is 1. The number of aromatic nitrogens is 3. The lowest BCUT2D eigenvalue weighted by Crippen LogP contribution is -2.52. The molecule has 21 heavy (non-hydrogen) atoms. The van der Waals surface area contributed by atoms with Crippen LogP contribution in [-0.4, -0.2) is 52.1 Å². The predicted molar refractivity (Wildman–Crippen MR) is 83.6 cm³/mol. The number of pyridine rings is 1. The van der Waals surface area contributed by atoms with Gasteiger partial charge in [-0.15, -0.1) is 6.58 Å². The molecule has 6 nitrogen and oxygen atoms in total. The van der Waals surface area contributed by atoms with Crippen LogP contribution in [0.5, 0.6) is 0 Å². The maximum atomic E-state index is 11.8. The van der Waals surface area contributed by atoms with E-state index in [0.717, 1.165) is 37.4 Å². The number of piperazine rings is 1. The van der Waals surface area contributed by atoms with Gasteiger partial charge in [-0.05, 0) is 19.1 Å². The number of rotatable bonds is 3. The van der Waals surface area contributed by atoms with Gasteiger partial charge in [0.1, 0.15) is 11.5 Å². The second-order valence-corrected chi connectivity index (χ2v) is 5.36. The average Bonchev–Trinajstić information content (AvgIpc) is 2.47. The highest BCUT2D eigenvalue weighted by Crippen LogP contribution is 2.24. The minimum absolute atomic E-state index is 0.288. The molecule has 1 aliphatic heterocycles. The van der Waals surface area contributed by atoms with Crippen molar-refractivity contribution in [1.29, 1.82) is 0 Å². The number of aromatic amines is 1. The van der Waals surface area contributed by atoms with E-state index >= 15 is 0 Å². The van der Waals surface area contributed by atoms with Crippen LogP contribution in [0.4, 0.5) is 5.82 Å². The molecule has 2 aromatic rings. The van der Waals surface area contributed by atoms with Gasteiger partial charge < -0.3 is 4.90 Å². The van der Waals surface area contributed by atoms with Crippen LogP contribution in [0.3, 0.4) is 0 Å². The van der Waals surface area contributed by atoms with E-state index in [1.165, 1.54) is 0 Å². The first-order chi connectivity index (χ1) is 10.2. The zero-order valence-electron chi connectivity index (χ0n) is 12.1. The summed E-state index contributed by atoms with van der Waals surface area (Å²) in [6.07, 6.45) is 3.60. The Morgan fingerprint density at radius 3 is 3.14 bits per heavy atom. The summed E-state index contributed by atoms with van der Waals surface area (Å²) in [4.78, 5) is 27.4. The van der Waals surface area contributed by atoms with E-state index in [2.05, 4.69) is 38.3 Å². The number of hydrogen-bond acceptors (Lipinski definition) is 5. The van der Waals surface area contributed by atoms with Crippen molar-refractivity contribution in [1.82, 2.24) is 19.9 Å². The normalized spacial score (nSPS) is 19.9. The van der Waals surface area contributed by atoms with Crippen molar-refractivity contribution in [2.75, 3.05) is 31.1 Å². The zero-order valence-corrected chi connectivity index (χ0v) is 12.1. The van der Waals surface area contributed by atoms with E-state index in [4.69, 9.17) is 0 Å². The molecule has 0 saturated carbocycles. The van der Waals surface area contributed by atoms with Crippen LogP contribution >= 0.6 is 0 Å². The Kier molecular flexibility index (Phi) is 3.70. The van der Waals surface area contributed by atoms with E-state index in [0.29, 0.717) is 5.65 Å². The topological polar surface area (TPSA) is 65.1 Å². The summed E-state index contributed by atoms with van der Waals surface area (Å²) in [5.74, 6) is 0.729. The Hall–Kier alpha value is -2.21. The van der Waals surface area contributed by atoms with Crippen molar-refractivity contribution in [2.45, 2.75) is 13.0 Å². The summed E-state index contributed by atoms with van der Waals surface area (Å²) in [5, 5.41) is 0.890. The molecule has 0 aromatic carbocycles. The summed E-state index contributed by atoms with van der Waals surface area (Å²) < 4.78 is 0. The maximum Gasteiger partial charge on any atom is 0.348 e. The standard InChI is InChI=1S/C15H19N5O/c1-3-7-19-8-9-20(11(2)10-19)14-12-5-4-6-16-13(12)17-15(21)18-14/h3-6,11H,1,7-10H2,2H3,(H,16,17,18,21)/t11-/m0/s1. The molecule has 0 spiro atoms. The molecular weight excluding hydrogens is 266 g/mol. The maximum absolute atomic E-state index is 11.8. The van der Waals surface area contributed by atoms with Gasteiger partial charge in [0.2, 0.25) is 0 Å². The first kappa shape index (κ1) is 13.8. The lowest BCUT2D eigenvalue weighted by atomic mass is 10.1. The van der Waals surface area contributed by atoms with Crippen molar-refractivity contribution >= 4 is 16.9 Å². The number of hydrogen-bond donors (Lipinski definition) is 1. The molecule has 0 unspecified atom stereocenters. The van der Waals surface area contributed by atoms with E-state index in [-0.39, 0.29) is 11.7 Å². The van der Waals surface area contributed by atoms with Gasteiger partial charge in [-0.25, -0.2) is 9.78 Å². The highest BCUT2D eigenvalue weighted by molar-refractivity contribution is 5.86. The Labute approximate surface area is 123 Å². The molecule has 0 aliphatic carbocycles. The summed E-state index contributed by atoms with van der Waals surface area (Å²) in [6, 6.07) is 4.10. The van der Waals surface area contributed by atoms with E-state index in [1.54, 1.807) is 6.20 Å². The fraction of sp³-hybridized carbons (Fsp3) is 0.400. The largest absolute Gasteiger partial charge is 0.351 e. The van der Waals surface area contributed by atoms with Crippen LogP contribution < -0.4 is 10.6 Å². The van der Waals surface area contributed by atoms with Crippen LogP contribution in [0, 0.1) is 0 Å². The third-order valence-corrected chi connectivity index (χ3v) is 3.85. The van der Waals surface area contributed by atoms with Crippen LogP contribution in [0.1, 0.15) is 6.92 Å². The highest BCUT2D eigenvalue weighted by atomic mass is 16.1. The summed E-state index contributed by atoms with van der Waals surface area (Å²) in [6.45, 7) is 9.55. The Bertz CT molecular complexity index is 711. The lowest BCUT2D eigenvalue weighted by molar-refractivity contribution is 0.250. The molecule has 1 atom stereocenters. The fourth-order valence-electron chi connectivity index (χ4n) is 2.89. The second kappa shape index (κ2) is 5.65. The Balaban J connectivity index is 1.97. The van der Waals surface area contributed by atoms with E-state index in [1.807, 2.05) is 18.2 Å². The third kappa shape index (κ3) is 2.67. The molecule has 0 bridgehead atoms. The molecule has 3 heterocycles. The van der Waals surface area contributed by atoms with Gasteiger partial charge >= 0.3 is 5.69 Å². The molecule has 110 valence electrons. The van der Waals surface area contributed by atoms with Crippen LogP contribution in [0.25, 0.3) is 11.0 Å². The Morgan fingerprint density at radius 2 is 2.38 bits per heavy atom. The van der Waals surface area contributed by atoms with Crippen LogP contribution in [0.2, 0.25) is 0 Å². The van der Waals surface area contributed by atoms with Gasteiger partial charge in [0.05, 0.1) is 5.39 Å². The first-order valence-electron chi connectivity index (χ1n) is 7.14. The number of nitrogens with zero attached hydrogens (tertiary/aromatic N) is 4. The van der Waals surface area contributed by atoms with Crippen molar-refractivity contribution in [2.24, 2.45) is 0 Å². The molecule has 6 heteroatoms. The molecule has 0 radical (unpaired) electrons. The summed E-state index contributed by atoms with van der Waals surface area (Å²) in [7, 11) is 0. The summed E-state index contributed by atoms with van der Waals surface area (Å²) >= 11 is 0. The van der Waals surface area contributed by atoms with Gasteiger partial charge in [0, 0.05) is 38.4 Å². The van der Waals surface area contributed by atoms with Gasteiger partial charge in [0.15, 0.2) is 0 Å². The molecule has 1 N–H and O–H groups in total. The molecule has 1 fully saturated rings. The second-order valence-electron chi connectivity index (χ2n) is 5.36. The highest BCUT2D eigenvalue weighted by Gasteiger charge is 2.25. The number of anilines is 1. The van der Waals surface area contributed by atoms with Crippen molar-refractivity contribution in [3.63, 3.8) is 0 Å². The predicted octanol–water partition coefficient (Wildman–Crippen LogP) is 1.01. The molecule has 0 amide bonds. The monoisotopic (exact) mass is 285 g/mol. The number of fused-ring (bicyclic) bond motifs is 1. The molecular formula is C15H19N5O. The molecule has 2 aromatic heterocycles. The van der Waals surface area contributed by atoms with Crippen molar-refractivity contribution in [3.8, 4) is 0 Å². The molecule has 1 saturated heterocycles. The SMILES string of the molecule is C=CCN1CCN(c2nc(=O)[nH]c3ncccc23)[C@@H](C)C1. The minimum atomic E-state index is -0.350. The molecule has 1 aliphatic rings. The first-order valence-corrected chi connectivity index (χ1v) is 7.14. The van der Waals surface area contributed by atoms with Gasteiger partial charge in [-0.1, -0.05) is 6.08 Å². The minimum Gasteiger partial charge on any atom is -0.351 e. The smallest absolute Gasteiger partial charge is 0.348 e. The van der Waals surface area contributed by atoms with Crippen molar-refractivity contribution < 1.29 is 0 Å². The van der Waals surface area contributed by atoms with Crippen molar-refractivity contribution in [3.05, 3.63) is 41.5 Å². The quantitative estimate of drug-likeness (QED) is 0.853. The lowest BCUT2D eigenvalue weighted by Gasteiger charge is -2.40. The number of H-pyrrole nitrogens is 1. The van der Waals surface area contributed by atoms with Crippen LogP contribution in [-0.2, 0) is 0 Å². The van der Waals surface area contributed by atoms with Gasteiger partial charge in [-0.3, -0.25) is 9.88 Å². The Morgan fingerprint density at radius 1 is 1.52 bits per heavy atom. The van der Waals surface area contributed by atoms with E-state index in [9.17, 15) is 4.79 Å². The molecule has 3 rings (SSSR count). The fourth-order valence-corrected chi connectivity index (χ4v) is 2.89. The van der Waals surface area contributed by atoms with Crippen LogP contribution in [0.15, 0.2) is 35.8 Å². The summed E-state index contributed by atoms with van der Waals surface area (Å²) in [5.41, 5.74) is 0.241. The zero-order chi connectivity index (χ0) is 14.8.